The lowest BCUT2D eigenvalue weighted by Crippen LogP contribution is -2.35. The Morgan fingerprint density at radius 1 is 1.44 bits per heavy atom. The number of nitrogens with zero attached hydrogens (tertiary/aromatic N) is 2. The van der Waals surface area contributed by atoms with Gasteiger partial charge < -0.3 is 15.0 Å². The molecule has 2 fully saturated rings. The summed E-state index contributed by atoms with van der Waals surface area (Å²) in [6.45, 7) is 1.51. The fourth-order valence-electron chi connectivity index (χ4n) is 2.33. The van der Waals surface area contributed by atoms with Gasteiger partial charge in [0.05, 0.1) is 30.9 Å². The standard InChI is InChI=1S/C12H19N3O/c13-5-9-3-12(4-9)16-7-11-6-14-8-15(11)10-1-2-10/h6,8-10,12H,1-5,7,13H2. The number of hydrogen-bond donors (Lipinski definition) is 1. The minimum atomic E-state index is 0.427. The Bertz CT molecular complexity index is 353. The van der Waals surface area contributed by atoms with Crippen LogP contribution in [0.5, 0.6) is 0 Å². The summed E-state index contributed by atoms with van der Waals surface area (Å²) in [5, 5.41) is 0. The summed E-state index contributed by atoms with van der Waals surface area (Å²) in [6, 6.07) is 0.694. The zero-order valence-corrected chi connectivity index (χ0v) is 9.51. The quantitative estimate of drug-likeness (QED) is 0.819. The van der Waals surface area contributed by atoms with Gasteiger partial charge in [-0.05, 0) is 38.1 Å². The van der Waals surface area contributed by atoms with Crippen LogP contribution in [-0.2, 0) is 11.3 Å². The van der Waals surface area contributed by atoms with E-state index in [9.17, 15) is 0 Å². The van der Waals surface area contributed by atoms with Crippen LogP contribution in [0.3, 0.4) is 0 Å². The highest BCUT2D eigenvalue weighted by Crippen LogP contribution is 2.36. The first-order chi connectivity index (χ1) is 7.86. The lowest BCUT2D eigenvalue weighted by Gasteiger charge is -2.34. The van der Waals surface area contributed by atoms with Crippen molar-refractivity contribution >= 4 is 0 Å². The molecule has 1 heterocycles. The normalized spacial score (nSPS) is 29.1. The van der Waals surface area contributed by atoms with Crippen molar-refractivity contribution in [1.82, 2.24) is 9.55 Å². The number of ether oxygens (including phenoxy) is 1. The second-order valence-electron chi connectivity index (χ2n) is 5.03. The van der Waals surface area contributed by atoms with Crippen molar-refractivity contribution in [2.45, 2.75) is 44.4 Å². The van der Waals surface area contributed by atoms with E-state index in [-0.39, 0.29) is 0 Å². The first-order valence-corrected chi connectivity index (χ1v) is 6.19. The molecular formula is C12H19N3O. The molecule has 16 heavy (non-hydrogen) atoms. The van der Waals surface area contributed by atoms with E-state index in [0.717, 1.165) is 19.4 Å². The van der Waals surface area contributed by atoms with Crippen LogP contribution in [0.4, 0.5) is 0 Å². The highest BCUT2D eigenvalue weighted by Gasteiger charge is 2.29. The Morgan fingerprint density at radius 2 is 2.25 bits per heavy atom. The molecule has 2 saturated carbocycles. The zero-order chi connectivity index (χ0) is 11.0. The van der Waals surface area contributed by atoms with Crippen molar-refractivity contribution in [2.75, 3.05) is 6.54 Å². The molecule has 0 atom stereocenters. The van der Waals surface area contributed by atoms with E-state index in [4.69, 9.17) is 10.5 Å². The highest BCUT2D eigenvalue weighted by atomic mass is 16.5. The van der Waals surface area contributed by atoms with Crippen LogP contribution >= 0.6 is 0 Å². The number of hydrogen-bond acceptors (Lipinski definition) is 3. The smallest absolute Gasteiger partial charge is 0.0951 e. The summed E-state index contributed by atoms with van der Waals surface area (Å²) < 4.78 is 8.12. The number of nitrogens with two attached hydrogens (primary N) is 1. The van der Waals surface area contributed by atoms with Crippen molar-refractivity contribution in [3.8, 4) is 0 Å². The summed E-state index contributed by atoms with van der Waals surface area (Å²) in [6.07, 6.45) is 9.14. The van der Waals surface area contributed by atoms with E-state index < -0.39 is 0 Å². The van der Waals surface area contributed by atoms with Crippen LogP contribution < -0.4 is 5.73 Å². The minimum Gasteiger partial charge on any atom is -0.372 e. The third-order valence-electron chi connectivity index (χ3n) is 3.68. The predicted molar refractivity (Wildman–Crippen MR) is 60.9 cm³/mol. The largest absolute Gasteiger partial charge is 0.372 e. The van der Waals surface area contributed by atoms with Gasteiger partial charge in [-0.3, -0.25) is 0 Å². The third kappa shape index (κ3) is 1.99. The maximum absolute atomic E-state index is 5.86. The van der Waals surface area contributed by atoms with Gasteiger partial charge in [0.2, 0.25) is 0 Å². The molecule has 0 unspecified atom stereocenters. The van der Waals surface area contributed by atoms with Crippen molar-refractivity contribution in [1.29, 1.82) is 0 Å². The van der Waals surface area contributed by atoms with Crippen molar-refractivity contribution in [3.63, 3.8) is 0 Å². The molecule has 88 valence electrons. The lowest BCUT2D eigenvalue weighted by atomic mass is 9.82. The zero-order valence-electron chi connectivity index (χ0n) is 9.51. The monoisotopic (exact) mass is 221 g/mol. The molecule has 0 radical (unpaired) electrons. The fourth-order valence-corrected chi connectivity index (χ4v) is 2.33. The van der Waals surface area contributed by atoms with Gasteiger partial charge in [0.1, 0.15) is 0 Å². The lowest BCUT2D eigenvalue weighted by molar-refractivity contribution is -0.0396. The van der Waals surface area contributed by atoms with Crippen LogP contribution in [0.15, 0.2) is 12.5 Å². The molecule has 4 heteroatoms. The molecule has 1 aromatic rings. The molecule has 2 N–H and O–H groups in total. The van der Waals surface area contributed by atoms with Gasteiger partial charge in [0.25, 0.3) is 0 Å². The molecule has 2 aliphatic carbocycles. The molecule has 0 aromatic carbocycles. The van der Waals surface area contributed by atoms with E-state index in [2.05, 4.69) is 9.55 Å². The summed E-state index contributed by atoms with van der Waals surface area (Å²) in [5.74, 6) is 0.693. The first-order valence-electron chi connectivity index (χ1n) is 6.19. The van der Waals surface area contributed by atoms with Crippen molar-refractivity contribution in [2.24, 2.45) is 11.7 Å². The summed E-state index contributed by atoms with van der Waals surface area (Å²) in [5.41, 5.74) is 6.81. The second-order valence-corrected chi connectivity index (χ2v) is 5.03. The van der Waals surface area contributed by atoms with Crippen molar-refractivity contribution in [3.05, 3.63) is 18.2 Å². The van der Waals surface area contributed by atoms with Gasteiger partial charge in [-0.2, -0.15) is 0 Å². The Balaban J connectivity index is 1.49. The van der Waals surface area contributed by atoms with Crippen LogP contribution in [0.2, 0.25) is 0 Å². The molecule has 0 bridgehead atoms. The number of rotatable bonds is 5. The predicted octanol–water partition coefficient (Wildman–Crippen LogP) is 1.47. The van der Waals surface area contributed by atoms with Crippen LogP contribution in [0.25, 0.3) is 0 Å². The van der Waals surface area contributed by atoms with Gasteiger partial charge in [-0.25, -0.2) is 4.98 Å². The van der Waals surface area contributed by atoms with Crippen LogP contribution in [0, 0.1) is 5.92 Å². The number of imidazole rings is 1. The molecular weight excluding hydrogens is 202 g/mol. The van der Waals surface area contributed by atoms with E-state index in [1.807, 2.05) is 12.5 Å². The molecule has 2 aliphatic rings. The van der Waals surface area contributed by atoms with Gasteiger partial charge in [-0.15, -0.1) is 0 Å². The minimum absolute atomic E-state index is 0.427. The molecule has 0 spiro atoms. The molecule has 3 rings (SSSR count). The second kappa shape index (κ2) is 4.18. The Morgan fingerprint density at radius 3 is 2.94 bits per heavy atom. The molecule has 0 aliphatic heterocycles. The van der Waals surface area contributed by atoms with Gasteiger partial charge in [0, 0.05) is 6.04 Å². The summed E-state index contributed by atoms with van der Waals surface area (Å²) >= 11 is 0. The molecule has 0 amide bonds. The van der Waals surface area contributed by atoms with Crippen LogP contribution in [-0.4, -0.2) is 22.2 Å². The Hall–Kier alpha value is -0.870. The average molecular weight is 221 g/mol. The molecule has 4 nitrogen and oxygen atoms in total. The maximum Gasteiger partial charge on any atom is 0.0951 e. The van der Waals surface area contributed by atoms with Gasteiger partial charge in [-0.1, -0.05) is 0 Å². The van der Waals surface area contributed by atoms with E-state index in [1.165, 1.54) is 18.5 Å². The van der Waals surface area contributed by atoms with E-state index in [1.54, 1.807) is 0 Å². The van der Waals surface area contributed by atoms with Gasteiger partial charge >= 0.3 is 0 Å². The van der Waals surface area contributed by atoms with Crippen molar-refractivity contribution < 1.29 is 4.74 Å². The molecule has 0 saturated heterocycles. The fraction of sp³-hybridized carbons (Fsp3) is 0.750. The highest BCUT2D eigenvalue weighted by molar-refractivity contribution is 5.02. The van der Waals surface area contributed by atoms with Gasteiger partial charge in [0.15, 0.2) is 0 Å². The Labute approximate surface area is 95.8 Å². The first kappa shape index (κ1) is 10.3. The number of aromatic nitrogens is 2. The van der Waals surface area contributed by atoms with E-state index >= 15 is 0 Å². The summed E-state index contributed by atoms with van der Waals surface area (Å²) in [7, 11) is 0. The summed E-state index contributed by atoms with van der Waals surface area (Å²) in [4.78, 5) is 4.20. The Kier molecular flexibility index (Phi) is 2.69. The molecule has 1 aromatic heterocycles. The SMILES string of the molecule is NCC1CC(OCc2cncn2C2CC2)C1. The third-order valence-corrected chi connectivity index (χ3v) is 3.68. The van der Waals surface area contributed by atoms with E-state index in [0.29, 0.717) is 24.7 Å². The topological polar surface area (TPSA) is 53.1 Å². The van der Waals surface area contributed by atoms with Crippen LogP contribution in [0.1, 0.15) is 37.4 Å². The average Bonchev–Trinajstić information content (AvgIpc) is 2.97. The maximum atomic E-state index is 5.86.